The van der Waals surface area contributed by atoms with Crippen LogP contribution in [-0.4, -0.2) is 25.8 Å². The van der Waals surface area contributed by atoms with Gasteiger partial charge in [0, 0.05) is 5.56 Å². The van der Waals surface area contributed by atoms with Crippen LogP contribution in [0.3, 0.4) is 0 Å². The van der Waals surface area contributed by atoms with Gasteiger partial charge in [0.15, 0.2) is 23.0 Å². The molecule has 42 heavy (non-hydrogen) atoms. The summed E-state index contributed by atoms with van der Waals surface area (Å²) in [5, 5.41) is 4.13. The second kappa shape index (κ2) is 15.9. The summed E-state index contributed by atoms with van der Waals surface area (Å²) in [4.78, 5) is 12.5. The first-order valence-electron chi connectivity index (χ1n) is 14.2. The van der Waals surface area contributed by atoms with Crippen LogP contribution in [0.15, 0.2) is 96.1 Å². The fourth-order valence-corrected chi connectivity index (χ4v) is 4.24. The van der Waals surface area contributed by atoms with Gasteiger partial charge in [-0.15, -0.1) is 0 Å². The lowest BCUT2D eigenvalue weighted by atomic mass is 10.1. The molecule has 1 N–H and O–H groups in total. The number of carbonyl (C=O) groups is 1. The molecule has 7 heteroatoms. The van der Waals surface area contributed by atoms with Crippen molar-refractivity contribution in [1.29, 1.82) is 0 Å². The highest BCUT2D eigenvalue weighted by molar-refractivity contribution is 5.95. The lowest BCUT2D eigenvalue weighted by Crippen LogP contribution is -2.17. The van der Waals surface area contributed by atoms with Crippen LogP contribution in [0.4, 0.5) is 0 Å². The number of methoxy groups -OCH3 is 1. The molecule has 4 aromatic rings. The van der Waals surface area contributed by atoms with E-state index >= 15 is 0 Å². The Morgan fingerprint density at radius 2 is 1.43 bits per heavy atom. The van der Waals surface area contributed by atoms with Gasteiger partial charge in [-0.05, 0) is 84.5 Å². The van der Waals surface area contributed by atoms with Crippen LogP contribution < -0.4 is 24.4 Å². The average molecular weight is 567 g/mol. The molecule has 0 aliphatic carbocycles. The highest BCUT2D eigenvalue weighted by Gasteiger charge is 2.10. The maximum Gasteiger partial charge on any atom is 0.271 e. The molecule has 4 rings (SSSR count). The van der Waals surface area contributed by atoms with Gasteiger partial charge in [0.05, 0.1) is 19.9 Å². The Balaban J connectivity index is 1.34. The molecule has 0 spiro atoms. The quantitative estimate of drug-likeness (QED) is 0.120. The highest BCUT2D eigenvalue weighted by atomic mass is 16.5. The van der Waals surface area contributed by atoms with Gasteiger partial charge in [-0.25, -0.2) is 5.43 Å². The highest BCUT2D eigenvalue weighted by Crippen LogP contribution is 2.32. The molecular formula is C35H38N2O5. The fraction of sp³-hybridized carbons (Fsp3) is 0.257. The first-order valence-corrected chi connectivity index (χ1v) is 14.2. The molecule has 7 nitrogen and oxygen atoms in total. The number of nitrogens with zero attached hydrogens (tertiary/aromatic N) is 1. The van der Waals surface area contributed by atoms with Crippen molar-refractivity contribution in [1.82, 2.24) is 5.43 Å². The van der Waals surface area contributed by atoms with Crippen LogP contribution in [0.25, 0.3) is 0 Å². The Morgan fingerprint density at radius 3 is 2.14 bits per heavy atom. The molecule has 0 aromatic heterocycles. The predicted molar refractivity (Wildman–Crippen MR) is 166 cm³/mol. The number of hydrogen-bond acceptors (Lipinski definition) is 6. The van der Waals surface area contributed by atoms with Gasteiger partial charge in [-0.1, -0.05) is 61.9 Å². The molecule has 0 unspecified atom stereocenters. The summed E-state index contributed by atoms with van der Waals surface area (Å²) in [6.07, 6.45) is 4.88. The van der Waals surface area contributed by atoms with E-state index in [9.17, 15) is 4.79 Å². The molecule has 1 amide bonds. The Morgan fingerprint density at radius 1 is 0.738 bits per heavy atom. The van der Waals surface area contributed by atoms with Crippen LogP contribution in [0.2, 0.25) is 0 Å². The van der Waals surface area contributed by atoms with Gasteiger partial charge in [0.1, 0.15) is 13.2 Å². The zero-order valence-corrected chi connectivity index (χ0v) is 24.5. The van der Waals surface area contributed by atoms with E-state index in [0.717, 1.165) is 36.0 Å². The normalized spacial score (nSPS) is 10.8. The third kappa shape index (κ3) is 8.86. The van der Waals surface area contributed by atoms with Crippen molar-refractivity contribution in [3.63, 3.8) is 0 Å². The number of aryl methyl sites for hydroxylation is 1. The number of nitrogens with one attached hydrogen (secondary N) is 1. The van der Waals surface area contributed by atoms with Crippen LogP contribution >= 0.6 is 0 Å². The van der Waals surface area contributed by atoms with Gasteiger partial charge in [0.25, 0.3) is 5.91 Å². The molecule has 0 fully saturated rings. The summed E-state index contributed by atoms with van der Waals surface area (Å²) in [5.74, 6) is 2.23. The smallest absolute Gasteiger partial charge is 0.271 e. The van der Waals surface area contributed by atoms with Crippen molar-refractivity contribution < 1.29 is 23.7 Å². The topological polar surface area (TPSA) is 78.4 Å². The van der Waals surface area contributed by atoms with Crippen LogP contribution in [0.5, 0.6) is 23.0 Å². The van der Waals surface area contributed by atoms with Crippen molar-refractivity contribution in [3.8, 4) is 23.0 Å². The summed E-state index contributed by atoms with van der Waals surface area (Å²) in [7, 11) is 1.62. The molecule has 0 radical (unpaired) electrons. The molecule has 0 heterocycles. The van der Waals surface area contributed by atoms with Gasteiger partial charge in [0.2, 0.25) is 0 Å². The van der Waals surface area contributed by atoms with Crippen LogP contribution in [0, 0.1) is 0 Å². The number of rotatable bonds is 15. The molecule has 0 atom stereocenters. The van der Waals surface area contributed by atoms with Crippen molar-refractivity contribution in [3.05, 3.63) is 119 Å². The number of benzene rings is 4. The van der Waals surface area contributed by atoms with Gasteiger partial charge in [-0.3, -0.25) is 4.79 Å². The van der Waals surface area contributed by atoms with Crippen molar-refractivity contribution in [2.75, 3.05) is 13.7 Å². The summed E-state index contributed by atoms with van der Waals surface area (Å²) >= 11 is 0. The van der Waals surface area contributed by atoms with E-state index in [2.05, 4.69) is 17.5 Å². The van der Waals surface area contributed by atoms with E-state index in [-0.39, 0.29) is 5.91 Å². The van der Waals surface area contributed by atoms with Gasteiger partial charge < -0.3 is 18.9 Å². The Kier molecular flexibility index (Phi) is 11.4. The predicted octanol–water partition coefficient (Wildman–Crippen LogP) is 7.36. The zero-order valence-electron chi connectivity index (χ0n) is 24.5. The van der Waals surface area contributed by atoms with Crippen molar-refractivity contribution in [2.45, 2.75) is 46.3 Å². The van der Waals surface area contributed by atoms with Crippen LogP contribution in [0.1, 0.15) is 59.3 Å². The number of ether oxygens (including phenoxy) is 4. The van der Waals surface area contributed by atoms with E-state index < -0.39 is 0 Å². The average Bonchev–Trinajstić information content (AvgIpc) is 3.03. The zero-order chi connectivity index (χ0) is 29.6. The molecule has 0 saturated heterocycles. The van der Waals surface area contributed by atoms with Gasteiger partial charge >= 0.3 is 0 Å². The summed E-state index contributed by atoms with van der Waals surface area (Å²) in [6.45, 7) is 5.33. The van der Waals surface area contributed by atoms with E-state index in [1.807, 2.05) is 97.9 Å². The first-order chi connectivity index (χ1) is 20.6. The molecule has 0 bridgehead atoms. The largest absolute Gasteiger partial charge is 0.493 e. The lowest BCUT2D eigenvalue weighted by molar-refractivity contribution is 0.0955. The summed E-state index contributed by atoms with van der Waals surface area (Å²) in [6, 6.07) is 28.9. The number of hydrogen-bond donors (Lipinski definition) is 1. The standard InChI is InChI=1S/C35H38N2O5/c1-4-6-10-26-13-17-30(18-14-26)35(38)37-36-23-28-15-19-32(34(21-28)40-5-2)42-25-29-16-20-31(33(22-29)39-3)41-24-27-11-8-7-9-12-27/h7-9,11-23H,4-6,10,24-25H2,1-3H3,(H,37,38)/b36-23+. The Labute approximate surface area is 248 Å². The third-order valence-electron chi connectivity index (χ3n) is 6.54. The molecule has 0 aliphatic heterocycles. The number of amides is 1. The number of hydrazone groups is 1. The minimum absolute atomic E-state index is 0.259. The van der Waals surface area contributed by atoms with Crippen LogP contribution in [-0.2, 0) is 19.6 Å². The maximum atomic E-state index is 12.5. The second-order valence-corrected chi connectivity index (χ2v) is 9.69. The minimum Gasteiger partial charge on any atom is -0.493 e. The molecule has 0 saturated carbocycles. The number of carbonyl (C=O) groups excluding carboxylic acids is 1. The summed E-state index contributed by atoms with van der Waals surface area (Å²) < 4.78 is 23.4. The molecule has 4 aromatic carbocycles. The SMILES string of the molecule is CCCCc1ccc(C(=O)N/N=C/c2ccc(OCc3ccc(OCc4ccccc4)c(OC)c3)c(OCC)c2)cc1. The Hall–Kier alpha value is -4.78. The van der Waals surface area contributed by atoms with Crippen molar-refractivity contribution >= 4 is 12.1 Å². The van der Waals surface area contributed by atoms with E-state index in [0.29, 0.717) is 48.4 Å². The Bertz CT molecular complexity index is 1450. The number of unbranched alkanes of at least 4 members (excludes halogenated alkanes) is 1. The maximum absolute atomic E-state index is 12.5. The van der Waals surface area contributed by atoms with Crippen molar-refractivity contribution in [2.24, 2.45) is 5.10 Å². The first kappa shape index (κ1) is 30.2. The second-order valence-electron chi connectivity index (χ2n) is 9.69. The monoisotopic (exact) mass is 566 g/mol. The summed E-state index contributed by atoms with van der Waals surface area (Å²) in [5.41, 5.74) is 7.16. The van der Waals surface area contributed by atoms with E-state index in [1.165, 1.54) is 5.56 Å². The molecular weight excluding hydrogens is 528 g/mol. The molecule has 0 aliphatic rings. The van der Waals surface area contributed by atoms with E-state index in [1.54, 1.807) is 13.3 Å². The van der Waals surface area contributed by atoms with E-state index in [4.69, 9.17) is 18.9 Å². The minimum atomic E-state index is -0.259. The lowest BCUT2D eigenvalue weighted by Gasteiger charge is -2.15. The third-order valence-corrected chi connectivity index (χ3v) is 6.54. The molecule has 218 valence electrons. The fourth-order valence-electron chi connectivity index (χ4n) is 4.24. The van der Waals surface area contributed by atoms with Gasteiger partial charge in [-0.2, -0.15) is 5.10 Å².